The molecule has 0 N–H and O–H groups in total. The quantitative estimate of drug-likeness (QED) is 0.700. The number of aromatic nitrogens is 2. The fourth-order valence-electron chi connectivity index (χ4n) is 4.90. The van der Waals surface area contributed by atoms with E-state index in [-0.39, 0.29) is 11.9 Å². The highest BCUT2D eigenvalue weighted by atomic mass is 16.5. The fourth-order valence-corrected chi connectivity index (χ4v) is 4.90. The Morgan fingerprint density at radius 1 is 1.00 bits per heavy atom. The van der Waals surface area contributed by atoms with E-state index < -0.39 is 0 Å². The average molecular weight is 423 g/mol. The lowest BCUT2D eigenvalue weighted by Crippen LogP contribution is -2.48. The second-order valence-corrected chi connectivity index (χ2v) is 9.11. The Kier molecular flexibility index (Phi) is 6.86. The van der Waals surface area contributed by atoms with Gasteiger partial charge in [-0.3, -0.25) is 9.69 Å². The molecule has 1 aromatic heterocycles. The summed E-state index contributed by atoms with van der Waals surface area (Å²) in [5.74, 6) is 2.37. The summed E-state index contributed by atoms with van der Waals surface area (Å²) < 4.78 is 5.28. The molecule has 6 heteroatoms. The van der Waals surface area contributed by atoms with Crippen molar-refractivity contribution in [1.82, 2.24) is 19.8 Å². The van der Waals surface area contributed by atoms with Crippen molar-refractivity contribution in [1.29, 1.82) is 0 Å². The van der Waals surface area contributed by atoms with Gasteiger partial charge >= 0.3 is 0 Å². The van der Waals surface area contributed by atoms with Gasteiger partial charge in [0.05, 0.1) is 7.11 Å². The van der Waals surface area contributed by atoms with Gasteiger partial charge in [0.25, 0.3) is 0 Å². The molecule has 4 rings (SSSR count). The predicted octanol–water partition coefficient (Wildman–Crippen LogP) is 4.15. The maximum atomic E-state index is 13.1. The summed E-state index contributed by atoms with van der Waals surface area (Å²) in [6.45, 7) is 6.76. The molecule has 1 amide bonds. The molecule has 2 aliphatic rings. The number of carbonyl (C=O) groups is 1. The van der Waals surface area contributed by atoms with Crippen molar-refractivity contribution in [2.45, 2.75) is 77.0 Å². The summed E-state index contributed by atoms with van der Waals surface area (Å²) in [4.78, 5) is 26.8. The third kappa shape index (κ3) is 5.06. The van der Waals surface area contributed by atoms with Crippen molar-refractivity contribution in [3.8, 4) is 5.75 Å². The van der Waals surface area contributed by atoms with Crippen LogP contribution in [0.4, 0.5) is 0 Å². The number of fused-ring (bicyclic) bond motifs is 1. The minimum atomic E-state index is 0.269. The molecule has 0 saturated carbocycles. The van der Waals surface area contributed by atoms with Crippen LogP contribution < -0.4 is 4.74 Å². The summed E-state index contributed by atoms with van der Waals surface area (Å²) in [5.41, 5.74) is 2.31. The summed E-state index contributed by atoms with van der Waals surface area (Å²) >= 11 is 0. The Balaban J connectivity index is 1.49. The van der Waals surface area contributed by atoms with E-state index in [0.717, 1.165) is 61.5 Å². The highest BCUT2D eigenvalue weighted by molar-refractivity contribution is 5.76. The molecule has 0 radical (unpaired) electrons. The van der Waals surface area contributed by atoms with Gasteiger partial charge in [-0.05, 0) is 37.0 Å². The number of rotatable bonds is 6. The van der Waals surface area contributed by atoms with E-state index in [4.69, 9.17) is 4.74 Å². The van der Waals surface area contributed by atoms with Crippen LogP contribution in [0.15, 0.2) is 36.7 Å². The lowest BCUT2D eigenvalue weighted by molar-refractivity contribution is -0.135. The van der Waals surface area contributed by atoms with Gasteiger partial charge in [-0.2, -0.15) is 0 Å². The van der Waals surface area contributed by atoms with E-state index in [0.29, 0.717) is 24.9 Å². The molecule has 31 heavy (non-hydrogen) atoms. The summed E-state index contributed by atoms with van der Waals surface area (Å²) in [7, 11) is 1.68. The molecule has 2 aromatic rings. The van der Waals surface area contributed by atoms with Crippen molar-refractivity contribution in [2.24, 2.45) is 0 Å². The second-order valence-electron chi connectivity index (χ2n) is 9.11. The van der Waals surface area contributed by atoms with Crippen LogP contribution in [0.1, 0.15) is 68.8 Å². The number of hydrogen-bond donors (Lipinski definition) is 0. The lowest BCUT2D eigenvalue weighted by Gasteiger charge is -2.37. The molecular formula is C25H34N4O2. The number of hydrogen-bond acceptors (Lipinski definition) is 5. The van der Waals surface area contributed by atoms with Gasteiger partial charge in [-0.1, -0.05) is 32.4 Å². The van der Waals surface area contributed by atoms with Crippen molar-refractivity contribution in [3.05, 3.63) is 53.6 Å². The number of nitrogens with zero attached hydrogens (tertiary/aromatic N) is 4. The molecule has 6 nitrogen and oxygen atoms in total. The smallest absolute Gasteiger partial charge is 0.223 e. The number of likely N-dealkylation sites (tertiary alicyclic amines) is 2. The summed E-state index contributed by atoms with van der Waals surface area (Å²) in [6.07, 6.45) is 8.85. The predicted molar refractivity (Wildman–Crippen MR) is 121 cm³/mol. The zero-order valence-electron chi connectivity index (χ0n) is 19.0. The average Bonchev–Trinajstić information content (AvgIpc) is 3.16. The molecule has 2 saturated heterocycles. The molecule has 2 aliphatic heterocycles. The van der Waals surface area contributed by atoms with E-state index in [1.807, 2.05) is 24.5 Å². The Bertz CT molecular complexity index is 866. The van der Waals surface area contributed by atoms with Crippen LogP contribution in [-0.4, -0.2) is 51.4 Å². The van der Waals surface area contributed by atoms with Crippen molar-refractivity contribution in [3.63, 3.8) is 0 Å². The molecule has 2 atom stereocenters. The van der Waals surface area contributed by atoms with E-state index >= 15 is 0 Å². The molecule has 3 heterocycles. The van der Waals surface area contributed by atoms with Gasteiger partial charge in [0.15, 0.2) is 0 Å². The standard InChI is InChI=1S/C25H34N4O2/c1-18(2)25-26-14-20(15-27-25)16-28-13-12-23-22(28)6-4-5-7-24(30)29(23)17-19-8-10-21(31-3)11-9-19/h8-11,14-15,18,22-23H,4-7,12-13,16-17H2,1-3H3/t22-,23+/m1/s1. The number of carbonyl (C=O) groups excluding carboxylic acids is 1. The van der Waals surface area contributed by atoms with E-state index in [1.165, 1.54) is 0 Å². The highest BCUT2D eigenvalue weighted by Crippen LogP contribution is 2.32. The molecule has 0 bridgehead atoms. The van der Waals surface area contributed by atoms with Crippen LogP contribution in [-0.2, 0) is 17.9 Å². The van der Waals surface area contributed by atoms with Crippen LogP contribution in [0.3, 0.4) is 0 Å². The van der Waals surface area contributed by atoms with Crippen LogP contribution in [0.2, 0.25) is 0 Å². The first-order valence-corrected chi connectivity index (χ1v) is 11.5. The highest BCUT2D eigenvalue weighted by Gasteiger charge is 2.40. The number of methoxy groups -OCH3 is 1. The molecule has 166 valence electrons. The van der Waals surface area contributed by atoms with Gasteiger partial charge in [0.2, 0.25) is 5.91 Å². The Labute approximate surface area is 185 Å². The van der Waals surface area contributed by atoms with E-state index in [1.54, 1.807) is 7.11 Å². The van der Waals surface area contributed by atoms with Crippen LogP contribution >= 0.6 is 0 Å². The maximum absolute atomic E-state index is 13.1. The number of amides is 1. The third-order valence-electron chi connectivity index (χ3n) is 6.63. The van der Waals surface area contributed by atoms with Crippen molar-refractivity contribution >= 4 is 5.91 Å². The van der Waals surface area contributed by atoms with Gasteiger partial charge in [-0.15, -0.1) is 0 Å². The zero-order valence-corrected chi connectivity index (χ0v) is 19.0. The Morgan fingerprint density at radius 2 is 1.74 bits per heavy atom. The molecule has 1 aromatic carbocycles. The number of ether oxygens (including phenoxy) is 1. The first-order valence-electron chi connectivity index (χ1n) is 11.5. The van der Waals surface area contributed by atoms with E-state index in [2.05, 4.69) is 45.7 Å². The first kappa shape index (κ1) is 21.8. The summed E-state index contributed by atoms with van der Waals surface area (Å²) in [5, 5.41) is 0. The second kappa shape index (κ2) is 9.77. The van der Waals surface area contributed by atoms with Crippen molar-refractivity contribution in [2.75, 3.05) is 13.7 Å². The lowest BCUT2D eigenvalue weighted by atomic mass is 9.96. The zero-order chi connectivity index (χ0) is 21.8. The molecule has 0 spiro atoms. The minimum Gasteiger partial charge on any atom is -0.497 e. The molecule has 2 fully saturated rings. The van der Waals surface area contributed by atoms with Gasteiger partial charge < -0.3 is 9.64 Å². The van der Waals surface area contributed by atoms with E-state index in [9.17, 15) is 4.79 Å². The van der Waals surface area contributed by atoms with Gasteiger partial charge in [0, 0.05) is 62.0 Å². The van der Waals surface area contributed by atoms with Crippen LogP contribution in [0, 0.1) is 0 Å². The maximum Gasteiger partial charge on any atom is 0.223 e. The Morgan fingerprint density at radius 3 is 2.42 bits per heavy atom. The van der Waals surface area contributed by atoms with Crippen molar-refractivity contribution < 1.29 is 9.53 Å². The first-order chi connectivity index (χ1) is 15.0. The fraction of sp³-hybridized carbons (Fsp3) is 0.560. The number of benzene rings is 1. The van der Waals surface area contributed by atoms with Crippen LogP contribution in [0.25, 0.3) is 0 Å². The SMILES string of the molecule is COc1ccc(CN2C(=O)CCCC[C@@H]3[C@@H]2CCN3Cc2cnc(C(C)C)nc2)cc1. The Hall–Kier alpha value is -2.47. The molecule has 0 aliphatic carbocycles. The topological polar surface area (TPSA) is 58.6 Å². The largest absolute Gasteiger partial charge is 0.497 e. The van der Waals surface area contributed by atoms with Crippen LogP contribution in [0.5, 0.6) is 5.75 Å². The van der Waals surface area contributed by atoms with Gasteiger partial charge in [-0.25, -0.2) is 9.97 Å². The summed E-state index contributed by atoms with van der Waals surface area (Å²) in [6, 6.07) is 8.75. The monoisotopic (exact) mass is 422 g/mol. The van der Waals surface area contributed by atoms with Gasteiger partial charge in [0.1, 0.15) is 11.6 Å². The molecule has 0 unspecified atom stereocenters. The third-order valence-corrected chi connectivity index (χ3v) is 6.63. The minimum absolute atomic E-state index is 0.269. The molecular weight excluding hydrogens is 388 g/mol. The normalized spacial score (nSPS) is 22.3.